The SMILES string of the molecule is CCCC(CBr)(CCC)CN1CCOCC1C. The van der Waals surface area contributed by atoms with Crippen molar-refractivity contribution in [2.45, 2.75) is 52.5 Å². The Bertz CT molecular complexity index is 204. The maximum Gasteiger partial charge on any atom is 0.0619 e. The van der Waals surface area contributed by atoms with Crippen molar-refractivity contribution in [1.29, 1.82) is 0 Å². The summed E-state index contributed by atoms with van der Waals surface area (Å²) in [6, 6.07) is 0.580. The monoisotopic (exact) mass is 305 g/mol. The number of hydrogen-bond acceptors (Lipinski definition) is 2. The first-order valence-corrected chi connectivity index (χ1v) is 8.17. The second-order valence-electron chi connectivity index (χ2n) is 5.53. The quantitative estimate of drug-likeness (QED) is 0.665. The molecule has 0 aromatic carbocycles. The number of hydrogen-bond donors (Lipinski definition) is 0. The van der Waals surface area contributed by atoms with Gasteiger partial charge in [0, 0.05) is 24.5 Å². The van der Waals surface area contributed by atoms with Crippen LogP contribution in [-0.2, 0) is 4.74 Å². The van der Waals surface area contributed by atoms with Crippen molar-refractivity contribution in [3.8, 4) is 0 Å². The molecule has 0 radical (unpaired) electrons. The van der Waals surface area contributed by atoms with Gasteiger partial charge in [-0.2, -0.15) is 0 Å². The lowest BCUT2D eigenvalue weighted by molar-refractivity contribution is -0.0199. The average Bonchev–Trinajstić information content (AvgIpc) is 2.33. The molecule has 0 bridgehead atoms. The smallest absolute Gasteiger partial charge is 0.0619 e. The summed E-state index contributed by atoms with van der Waals surface area (Å²) in [4.78, 5) is 2.62. The molecule has 0 aliphatic carbocycles. The lowest BCUT2D eigenvalue weighted by Crippen LogP contribution is -2.49. The van der Waals surface area contributed by atoms with E-state index in [0.717, 1.165) is 25.1 Å². The highest BCUT2D eigenvalue weighted by Crippen LogP contribution is 2.34. The molecule has 0 amide bonds. The first kappa shape index (κ1) is 15.5. The van der Waals surface area contributed by atoms with Gasteiger partial charge in [0.1, 0.15) is 0 Å². The predicted molar refractivity (Wildman–Crippen MR) is 77.9 cm³/mol. The summed E-state index contributed by atoms with van der Waals surface area (Å²) < 4.78 is 5.53. The summed E-state index contributed by atoms with van der Waals surface area (Å²) in [6.45, 7) is 11.0. The van der Waals surface area contributed by atoms with E-state index in [1.807, 2.05) is 0 Å². The fourth-order valence-electron chi connectivity index (χ4n) is 2.95. The van der Waals surface area contributed by atoms with E-state index in [1.165, 1.54) is 32.2 Å². The van der Waals surface area contributed by atoms with Crippen molar-refractivity contribution in [3.63, 3.8) is 0 Å². The molecule has 102 valence electrons. The largest absolute Gasteiger partial charge is 0.379 e. The Labute approximate surface area is 115 Å². The van der Waals surface area contributed by atoms with E-state index in [1.54, 1.807) is 0 Å². The van der Waals surface area contributed by atoms with Crippen LogP contribution < -0.4 is 0 Å². The Kier molecular flexibility index (Phi) is 7.05. The molecule has 0 N–H and O–H groups in total. The first-order chi connectivity index (χ1) is 8.17. The van der Waals surface area contributed by atoms with E-state index in [9.17, 15) is 0 Å². The normalized spacial score (nSPS) is 22.9. The number of morpholine rings is 1. The molecule has 0 aromatic rings. The van der Waals surface area contributed by atoms with Gasteiger partial charge in [-0.25, -0.2) is 0 Å². The third kappa shape index (κ3) is 4.53. The van der Waals surface area contributed by atoms with Gasteiger partial charge in [-0.3, -0.25) is 4.90 Å². The molecule has 1 aliphatic rings. The Morgan fingerprint density at radius 3 is 2.41 bits per heavy atom. The van der Waals surface area contributed by atoms with Crippen LogP contribution in [0.4, 0.5) is 0 Å². The third-order valence-corrected chi connectivity index (χ3v) is 5.08. The van der Waals surface area contributed by atoms with E-state index in [4.69, 9.17) is 4.74 Å². The standard InChI is InChI=1S/C14H28BrNO/c1-4-6-14(11-15,7-5-2)12-16-8-9-17-10-13(16)3/h13H,4-12H2,1-3H3. The minimum atomic E-state index is 0.467. The number of halogens is 1. The molecule has 2 nitrogen and oxygen atoms in total. The zero-order valence-electron chi connectivity index (χ0n) is 11.7. The number of nitrogens with zero attached hydrogens (tertiary/aromatic N) is 1. The van der Waals surface area contributed by atoms with Gasteiger partial charge in [0.05, 0.1) is 13.2 Å². The molecule has 1 unspecified atom stereocenters. The molecular formula is C14H28BrNO. The van der Waals surface area contributed by atoms with Crippen LogP contribution in [0.25, 0.3) is 0 Å². The molecule has 1 atom stereocenters. The topological polar surface area (TPSA) is 12.5 Å². The summed E-state index contributed by atoms with van der Waals surface area (Å²) in [6.07, 6.45) is 5.22. The number of ether oxygens (including phenoxy) is 1. The van der Waals surface area contributed by atoms with Crippen molar-refractivity contribution in [3.05, 3.63) is 0 Å². The minimum absolute atomic E-state index is 0.467. The molecule has 17 heavy (non-hydrogen) atoms. The van der Waals surface area contributed by atoms with Crippen LogP contribution in [0.1, 0.15) is 46.5 Å². The van der Waals surface area contributed by atoms with Crippen LogP contribution in [-0.4, -0.2) is 42.6 Å². The summed E-state index contributed by atoms with van der Waals surface area (Å²) >= 11 is 3.76. The molecule has 0 aromatic heterocycles. The first-order valence-electron chi connectivity index (χ1n) is 7.05. The zero-order chi connectivity index (χ0) is 12.7. The highest BCUT2D eigenvalue weighted by molar-refractivity contribution is 9.09. The van der Waals surface area contributed by atoms with Gasteiger partial charge in [0.2, 0.25) is 0 Å². The summed E-state index contributed by atoms with van der Waals surface area (Å²) in [5.74, 6) is 0. The molecule has 1 fully saturated rings. The van der Waals surface area contributed by atoms with Crippen molar-refractivity contribution >= 4 is 15.9 Å². The molecule has 0 saturated carbocycles. The van der Waals surface area contributed by atoms with Gasteiger partial charge in [-0.05, 0) is 25.2 Å². The molecule has 3 heteroatoms. The number of alkyl halides is 1. The number of rotatable bonds is 7. The fourth-order valence-corrected chi connectivity index (χ4v) is 3.68. The summed E-state index contributed by atoms with van der Waals surface area (Å²) in [5, 5.41) is 1.13. The Morgan fingerprint density at radius 2 is 1.94 bits per heavy atom. The van der Waals surface area contributed by atoms with E-state index in [-0.39, 0.29) is 0 Å². The Hall–Kier alpha value is 0.400. The maximum absolute atomic E-state index is 5.53. The second-order valence-corrected chi connectivity index (χ2v) is 6.09. The van der Waals surface area contributed by atoms with Gasteiger partial charge in [0.15, 0.2) is 0 Å². The summed E-state index contributed by atoms with van der Waals surface area (Å²) in [5.41, 5.74) is 0.467. The van der Waals surface area contributed by atoms with E-state index in [2.05, 4.69) is 41.6 Å². The highest BCUT2D eigenvalue weighted by Gasteiger charge is 2.32. The van der Waals surface area contributed by atoms with Crippen molar-refractivity contribution in [1.82, 2.24) is 4.90 Å². The van der Waals surface area contributed by atoms with Crippen LogP contribution in [0.3, 0.4) is 0 Å². The van der Waals surface area contributed by atoms with E-state index in [0.29, 0.717) is 11.5 Å². The van der Waals surface area contributed by atoms with E-state index < -0.39 is 0 Å². The second kappa shape index (κ2) is 7.75. The molecular weight excluding hydrogens is 278 g/mol. The molecule has 1 rings (SSSR count). The molecule has 1 aliphatic heterocycles. The van der Waals surface area contributed by atoms with Crippen molar-refractivity contribution in [2.24, 2.45) is 5.41 Å². The van der Waals surface area contributed by atoms with Crippen molar-refractivity contribution < 1.29 is 4.74 Å². The van der Waals surface area contributed by atoms with Crippen LogP contribution in [0.2, 0.25) is 0 Å². The lowest BCUT2D eigenvalue weighted by Gasteiger charge is -2.42. The van der Waals surface area contributed by atoms with Crippen LogP contribution in [0.15, 0.2) is 0 Å². The Morgan fingerprint density at radius 1 is 1.29 bits per heavy atom. The predicted octanol–water partition coefficient (Wildman–Crippen LogP) is 3.69. The average molecular weight is 306 g/mol. The zero-order valence-corrected chi connectivity index (χ0v) is 13.3. The van der Waals surface area contributed by atoms with Crippen LogP contribution >= 0.6 is 15.9 Å². The van der Waals surface area contributed by atoms with Gasteiger partial charge in [-0.1, -0.05) is 42.6 Å². The summed E-state index contributed by atoms with van der Waals surface area (Å²) in [7, 11) is 0. The molecule has 1 heterocycles. The van der Waals surface area contributed by atoms with E-state index >= 15 is 0 Å². The van der Waals surface area contributed by atoms with Crippen LogP contribution in [0.5, 0.6) is 0 Å². The third-order valence-electron chi connectivity index (χ3n) is 3.89. The van der Waals surface area contributed by atoms with Gasteiger partial charge < -0.3 is 4.74 Å². The Balaban J connectivity index is 2.62. The fraction of sp³-hybridized carbons (Fsp3) is 1.00. The van der Waals surface area contributed by atoms with Gasteiger partial charge in [-0.15, -0.1) is 0 Å². The van der Waals surface area contributed by atoms with Crippen LogP contribution in [0, 0.1) is 5.41 Å². The van der Waals surface area contributed by atoms with Gasteiger partial charge >= 0.3 is 0 Å². The molecule has 1 saturated heterocycles. The minimum Gasteiger partial charge on any atom is -0.379 e. The van der Waals surface area contributed by atoms with Crippen molar-refractivity contribution in [2.75, 3.05) is 31.6 Å². The molecule has 0 spiro atoms. The highest BCUT2D eigenvalue weighted by atomic mass is 79.9. The maximum atomic E-state index is 5.53. The van der Waals surface area contributed by atoms with Gasteiger partial charge in [0.25, 0.3) is 0 Å². The lowest BCUT2D eigenvalue weighted by atomic mass is 9.80.